The highest BCUT2D eigenvalue weighted by Gasteiger charge is 2.18. The molecule has 1 saturated carbocycles. The second-order valence-corrected chi connectivity index (χ2v) is 3.82. The van der Waals surface area contributed by atoms with E-state index in [1.807, 2.05) is 0 Å². The topological polar surface area (TPSA) is 42.0 Å². The molecule has 1 N–H and O–H groups in total. The van der Waals surface area contributed by atoms with Crippen LogP contribution in [-0.4, -0.2) is 16.9 Å². The van der Waals surface area contributed by atoms with Gasteiger partial charge in [-0.15, -0.1) is 0 Å². The van der Waals surface area contributed by atoms with Crippen LogP contribution >= 0.6 is 0 Å². The Hall–Kier alpha value is -1.45. The molecule has 0 radical (unpaired) electrons. The smallest absolute Gasteiger partial charge is 0.270 e. The molecular formula is C11H13FN2O. The lowest BCUT2D eigenvalue weighted by atomic mass is 10.2. The molecule has 15 heavy (non-hydrogen) atoms. The van der Waals surface area contributed by atoms with Crippen molar-refractivity contribution in [1.82, 2.24) is 10.3 Å². The first-order chi connectivity index (χ1) is 7.25. The number of amides is 1. The molecule has 80 valence electrons. The van der Waals surface area contributed by atoms with Crippen molar-refractivity contribution < 1.29 is 9.18 Å². The quantitative estimate of drug-likeness (QED) is 0.806. The van der Waals surface area contributed by atoms with Crippen LogP contribution in [0.25, 0.3) is 0 Å². The summed E-state index contributed by atoms with van der Waals surface area (Å²) >= 11 is 0. The number of rotatable bonds is 2. The Bertz CT molecular complexity index is 344. The van der Waals surface area contributed by atoms with Gasteiger partial charge in [-0.05, 0) is 25.0 Å². The lowest BCUT2D eigenvalue weighted by Gasteiger charge is -2.10. The average molecular weight is 208 g/mol. The zero-order valence-electron chi connectivity index (χ0n) is 8.37. The van der Waals surface area contributed by atoms with Gasteiger partial charge in [0.2, 0.25) is 0 Å². The zero-order chi connectivity index (χ0) is 10.7. The van der Waals surface area contributed by atoms with Crippen molar-refractivity contribution in [3.63, 3.8) is 0 Å². The standard InChI is InChI=1S/C11H13FN2O/c12-8-5-6-10(13-7-8)11(15)14-9-3-1-2-4-9/h5-7,9H,1-4H2,(H,14,15). The van der Waals surface area contributed by atoms with Crippen molar-refractivity contribution in [2.24, 2.45) is 0 Å². The Kier molecular flexibility index (Phi) is 2.94. The van der Waals surface area contributed by atoms with Gasteiger partial charge in [0, 0.05) is 6.04 Å². The predicted molar refractivity (Wildman–Crippen MR) is 53.9 cm³/mol. The minimum Gasteiger partial charge on any atom is -0.348 e. The molecule has 1 aromatic rings. The fraction of sp³-hybridized carbons (Fsp3) is 0.455. The van der Waals surface area contributed by atoms with Gasteiger partial charge in [-0.3, -0.25) is 4.79 Å². The molecule has 0 spiro atoms. The summed E-state index contributed by atoms with van der Waals surface area (Å²) in [6.07, 6.45) is 5.47. The lowest BCUT2D eigenvalue weighted by Crippen LogP contribution is -2.33. The molecule has 1 heterocycles. The van der Waals surface area contributed by atoms with Crippen LogP contribution in [0.5, 0.6) is 0 Å². The first kappa shape index (κ1) is 10.1. The molecule has 4 heteroatoms. The molecule has 3 nitrogen and oxygen atoms in total. The van der Waals surface area contributed by atoms with Gasteiger partial charge in [-0.2, -0.15) is 0 Å². The molecule has 0 unspecified atom stereocenters. The van der Waals surface area contributed by atoms with Crippen LogP contribution in [0.3, 0.4) is 0 Å². The van der Waals surface area contributed by atoms with Crippen molar-refractivity contribution in [2.45, 2.75) is 31.7 Å². The van der Waals surface area contributed by atoms with Gasteiger partial charge in [-0.25, -0.2) is 9.37 Å². The molecule has 0 aliphatic heterocycles. The normalized spacial score (nSPS) is 16.6. The van der Waals surface area contributed by atoms with Crippen LogP contribution in [0.4, 0.5) is 4.39 Å². The Balaban J connectivity index is 1.98. The Morgan fingerprint density at radius 2 is 2.13 bits per heavy atom. The molecule has 0 bridgehead atoms. The molecule has 1 amide bonds. The van der Waals surface area contributed by atoms with Gasteiger partial charge in [0.25, 0.3) is 5.91 Å². The van der Waals surface area contributed by atoms with Crippen molar-refractivity contribution in [3.05, 3.63) is 29.8 Å². The molecule has 0 atom stereocenters. The lowest BCUT2D eigenvalue weighted by molar-refractivity contribution is 0.0933. The maximum Gasteiger partial charge on any atom is 0.270 e. The molecular weight excluding hydrogens is 195 g/mol. The molecule has 0 saturated heterocycles. The summed E-state index contributed by atoms with van der Waals surface area (Å²) < 4.78 is 12.6. The van der Waals surface area contributed by atoms with E-state index in [1.54, 1.807) is 0 Å². The van der Waals surface area contributed by atoms with Crippen molar-refractivity contribution in [3.8, 4) is 0 Å². The van der Waals surface area contributed by atoms with E-state index in [2.05, 4.69) is 10.3 Å². The number of hydrogen-bond acceptors (Lipinski definition) is 2. The third-order valence-corrected chi connectivity index (χ3v) is 2.65. The van der Waals surface area contributed by atoms with Crippen LogP contribution in [-0.2, 0) is 0 Å². The molecule has 2 rings (SSSR count). The van der Waals surface area contributed by atoms with E-state index in [1.165, 1.54) is 25.0 Å². The third-order valence-electron chi connectivity index (χ3n) is 2.65. The SMILES string of the molecule is O=C(NC1CCCC1)c1ccc(F)cn1. The number of aromatic nitrogens is 1. The van der Waals surface area contributed by atoms with Gasteiger partial charge >= 0.3 is 0 Å². The molecule has 1 aliphatic carbocycles. The summed E-state index contributed by atoms with van der Waals surface area (Å²) in [7, 11) is 0. The fourth-order valence-electron chi connectivity index (χ4n) is 1.84. The zero-order valence-corrected chi connectivity index (χ0v) is 8.37. The number of carbonyl (C=O) groups is 1. The van der Waals surface area contributed by atoms with Gasteiger partial charge in [0.1, 0.15) is 11.5 Å². The first-order valence-electron chi connectivity index (χ1n) is 5.18. The summed E-state index contributed by atoms with van der Waals surface area (Å²) in [6, 6.07) is 2.92. The Morgan fingerprint density at radius 3 is 2.73 bits per heavy atom. The van der Waals surface area contributed by atoms with Gasteiger partial charge < -0.3 is 5.32 Å². The van der Waals surface area contributed by atoms with E-state index in [0.717, 1.165) is 19.0 Å². The van der Waals surface area contributed by atoms with E-state index < -0.39 is 5.82 Å². The van der Waals surface area contributed by atoms with Crippen LogP contribution in [0, 0.1) is 5.82 Å². The highest BCUT2D eigenvalue weighted by atomic mass is 19.1. The molecule has 0 aromatic carbocycles. The van der Waals surface area contributed by atoms with Crippen LogP contribution in [0.2, 0.25) is 0 Å². The Labute approximate surface area is 87.7 Å². The predicted octanol–water partition coefficient (Wildman–Crippen LogP) is 1.89. The molecule has 1 aliphatic rings. The Morgan fingerprint density at radius 1 is 1.40 bits per heavy atom. The molecule has 1 aromatic heterocycles. The fourth-order valence-corrected chi connectivity index (χ4v) is 1.84. The van der Waals surface area contributed by atoms with E-state index in [-0.39, 0.29) is 17.6 Å². The largest absolute Gasteiger partial charge is 0.348 e. The number of hydrogen-bond donors (Lipinski definition) is 1. The number of nitrogens with zero attached hydrogens (tertiary/aromatic N) is 1. The first-order valence-corrected chi connectivity index (χ1v) is 5.18. The average Bonchev–Trinajstić information content (AvgIpc) is 2.71. The summed E-state index contributed by atoms with van der Waals surface area (Å²) in [4.78, 5) is 15.3. The van der Waals surface area contributed by atoms with Crippen LogP contribution in [0.1, 0.15) is 36.2 Å². The summed E-state index contributed by atoms with van der Waals surface area (Å²) in [5, 5.41) is 2.89. The van der Waals surface area contributed by atoms with Crippen molar-refractivity contribution in [1.29, 1.82) is 0 Å². The highest BCUT2D eigenvalue weighted by Crippen LogP contribution is 2.17. The summed E-state index contributed by atoms with van der Waals surface area (Å²) in [5.74, 6) is -0.630. The highest BCUT2D eigenvalue weighted by molar-refractivity contribution is 5.92. The second-order valence-electron chi connectivity index (χ2n) is 3.82. The van der Waals surface area contributed by atoms with Crippen molar-refractivity contribution in [2.75, 3.05) is 0 Å². The third kappa shape index (κ3) is 2.52. The van der Waals surface area contributed by atoms with E-state index in [9.17, 15) is 9.18 Å². The number of nitrogens with one attached hydrogen (secondary N) is 1. The van der Waals surface area contributed by atoms with Crippen LogP contribution in [0.15, 0.2) is 18.3 Å². The maximum atomic E-state index is 12.6. The van der Waals surface area contributed by atoms with E-state index >= 15 is 0 Å². The number of carbonyl (C=O) groups excluding carboxylic acids is 1. The van der Waals surface area contributed by atoms with Crippen molar-refractivity contribution >= 4 is 5.91 Å². The molecule has 1 fully saturated rings. The number of pyridine rings is 1. The van der Waals surface area contributed by atoms with Crippen LogP contribution < -0.4 is 5.32 Å². The summed E-state index contributed by atoms with van der Waals surface area (Å²) in [6.45, 7) is 0. The van der Waals surface area contributed by atoms with Gasteiger partial charge in [0.15, 0.2) is 0 Å². The van der Waals surface area contributed by atoms with E-state index in [0.29, 0.717) is 0 Å². The minimum absolute atomic E-state index is 0.207. The maximum absolute atomic E-state index is 12.6. The minimum atomic E-state index is -0.424. The van der Waals surface area contributed by atoms with Gasteiger partial charge in [-0.1, -0.05) is 12.8 Å². The second kappa shape index (κ2) is 4.38. The van der Waals surface area contributed by atoms with Gasteiger partial charge in [0.05, 0.1) is 6.20 Å². The summed E-state index contributed by atoms with van der Waals surface area (Å²) in [5.41, 5.74) is 0.281. The number of halogens is 1. The van der Waals surface area contributed by atoms with E-state index in [4.69, 9.17) is 0 Å². The monoisotopic (exact) mass is 208 g/mol.